The van der Waals surface area contributed by atoms with Gasteiger partial charge in [0, 0.05) is 18.8 Å². The zero-order chi connectivity index (χ0) is 14.2. The van der Waals surface area contributed by atoms with E-state index in [2.05, 4.69) is 26.1 Å². The molecule has 0 atom stereocenters. The molecule has 3 aromatic heterocycles. The standard InChI is InChI=1S/C16H16ClN3S/c17-9-14-16(18-15-3-1-2-7-19(14)15)20(13-4-5-13)10-12-6-8-21-11-12/h1-3,6-8,11,13H,4-5,9-10H2. The van der Waals surface area contributed by atoms with Gasteiger partial charge in [-0.2, -0.15) is 11.3 Å². The number of hydrogen-bond acceptors (Lipinski definition) is 3. The molecule has 1 fully saturated rings. The third-order valence-corrected chi connectivity index (χ3v) is 4.91. The molecule has 0 radical (unpaired) electrons. The summed E-state index contributed by atoms with van der Waals surface area (Å²) >= 11 is 7.96. The second-order valence-corrected chi connectivity index (χ2v) is 6.48. The van der Waals surface area contributed by atoms with Crippen LogP contribution in [-0.4, -0.2) is 15.4 Å². The van der Waals surface area contributed by atoms with Crippen molar-refractivity contribution in [3.05, 3.63) is 52.5 Å². The average molecular weight is 318 g/mol. The van der Waals surface area contributed by atoms with Gasteiger partial charge < -0.3 is 9.30 Å². The number of hydrogen-bond donors (Lipinski definition) is 0. The predicted octanol–water partition coefficient (Wildman–Crippen LogP) is 4.30. The Hall–Kier alpha value is -1.52. The molecule has 0 aromatic carbocycles. The van der Waals surface area contributed by atoms with Crippen molar-refractivity contribution in [2.45, 2.75) is 31.3 Å². The van der Waals surface area contributed by atoms with Crippen LogP contribution in [0.3, 0.4) is 0 Å². The number of nitrogens with zero attached hydrogens (tertiary/aromatic N) is 3. The summed E-state index contributed by atoms with van der Waals surface area (Å²) in [6.07, 6.45) is 4.54. The molecule has 0 spiro atoms. The number of pyridine rings is 1. The summed E-state index contributed by atoms with van der Waals surface area (Å²) in [5.74, 6) is 1.53. The molecular weight excluding hydrogens is 302 g/mol. The molecule has 1 saturated carbocycles. The molecular formula is C16H16ClN3S. The molecule has 0 aliphatic heterocycles. The lowest BCUT2D eigenvalue weighted by molar-refractivity contribution is 0.778. The number of rotatable bonds is 5. The molecule has 3 heterocycles. The molecule has 3 nitrogen and oxygen atoms in total. The molecule has 21 heavy (non-hydrogen) atoms. The van der Waals surface area contributed by atoms with Crippen molar-refractivity contribution in [3.8, 4) is 0 Å². The van der Waals surface area contributed by atoms with Crippen molar-refractivity contribution in [2.24, 2.45) is 0 Å². The van der Waals surface area contributed by atoms with Gasteiger partial charge in [-0.1, -0.05) is 6.07 Å². The monoisotopic (exact) mass is 317 g/mol. The maximum atomic E-state index is 6.22. The smallest absolute Gasteiger partial charge is 0.152 e. The van der Waals surface area contributed by atoms with Crippen molar-refractivity contribution in [3.63, 3.8) is 0 Å². The maximum Gasteiger partial charge on any atom is 0.152 e. The third kappa shape index (κ3) is 2.43. The van der Waals surface area contributed by atoms with Crippen LogP contribution in [0.2, 0.25) is 0 Å². The van der Waals surface area contributed by atoms with E-state index in [-0.39, 0.29) is 0 Å². The molecule has 1 aliphatic carbocycles. The van der Waals surface area contributed by atoms with E-state index in [9.17, 15) is 0 Å². The second kappa shape index (κ2) is 5.35. The fourth-order valence-corrected chi connectivity index (χ4v) is 3.64. The first-order valence-electron chi connectivity index (χ1n) is 7.16. The molecule has 4 rings (SSSR count). The van der Waals surface area contributed by atoms with E-state index in [0.717, 1.165) is 23.7 Å². The number of fused-ring (bicyclic) bond motifs is 1. The van der Waals surface area contributed by atoms with Crippen LogP contribution in [0.5, 0.6) is 0 Å². The highest BCUT2D eigenvalue weighted by Gasteiger charge is 2.32. The number of alkyl halides is 1. The van der Waals surface area contributed by atoms with E-state index in [1.807, 2.05) is 24.4 Å². The zero-order valence-corrected chi connectivity index (χ0v) is 13.1. The molecule has 0 amide bonds. The normalized spacial score (nSPS) is 14.7. The maximum absolute atomic E-state index is 6.22. The summed E-state index contributed by atoms with van der Waals surface area (Å²) in [6.45, 7) is 0.919. The number of thiophene rings is 1. The summed E-state index contributed by atoms with van der Waals surface area (Å²) in [5, 5.41) is 4.35. The van der Waals surface area contributed by atoms with Crippen molar-refractivity contribution in [2.75, 3.05) is 4.90 Å². The summed E-state index contributed by atoms with van der Waals surface area (Å²) in [6, 6.07) is 8.88. The van der Waals surface area contributed by atoms with Crippen LogP contribution in [0.25, 0.3) is 5.65 Å². The zero-order valence-electron chi connectivity index (χ0n) is 11.6. The predicted molar refractivity (Wildman–Crippen MR) is 88.3 cm³/mol. The number of anilines is 1. The lowest BCUT2D eigenvalue weighted by Crippen LogP contribution is -2.26. The SMILES string of the molecule is ClCc1c(N(Cc2ccsc2)C2CC2)nc2ccccn12. The van der Waals surface area contributed by atoms with Crippen LogP contribution >= 0.6 is 22.9 Å². The van der Waals surface area contributed by atoms with Crippen LogP contribution in [0.1, 0.15) is 24.1 Å². The molecule has 108 valence electrons. The Morgan fingerprint density at radius 1 is 1.33 bits per heavy atom. The first kappa shape index (κ1) is 13.2. The quantitative estimate of drug-likeness (QED) is 0.654. The van der Waals surface area contributed by atoms with Crippen LogP contribution < -0.4 is 4.90 Å². The van der Waals surface area contributed by atoms with Gasteiger partial charge in [-0.05, 0) is 47.4 Å². The molecule has 0 N–H and O–H groups in total. The molecule has 3 aromatic rings. The van der Waals surface area contributed by atoms with Gasteiger partial charge in [0.1, 0.15) is 5.65 Å². The molecule has 0 unspecified atom stereocenters. The first-order chi connectivity index (χ1) is 10.4. The van der Waals surface area contributed by atoms with Gasteiger partial charge in [0.15, 0.2) is 5.82 Å². The third-order valence-electron chi connectivity index (χ3n) is 3.93. The van der Waals surface area contributed by atoms with Crippen molar-refractivity contribution >= 4 is 34.4 Å². The van der Waals surface area contributed by atoms with Gasteiger partial charge >= 0.3 is 0 Å². The summed E-state index contributed by atoms with van der Waals surface area (Å²) in [7, 11) is 0. The fraction of sp³-hybridized carbons (Fsp3) is 0.312. The van der Waals surface area contributed by atoms with Crippen LogP contribution in [-0.2, 0) is 12.4 Å². The van der Waals surface area contributed by atoms with E-state index in [1.165, 1.54) is 18.4 Å². The van der Waals surface area contributed by atoms with E-state index >= 15 is 0 Å². The Morgan fingerprint density at radius 3 is 2.95 bits per heavy atom. The van der Waals surface area contributed by atoms with Crippen molar-refractivity contribution in [1.82, 2.24) is 9.38 Å². The van der Waals surface area contributed by atoms with Gasteiger partial charge in [0.25, 0.3) is 0 Å². The Bertz CT molecular complexity index is 746. The van der Waals surface area contributed by atoms with Gasteiger partial charge in [0.2, 0.25) is 0 Å². The van der Waals surface area contributed by atoms with Crippen molar-refractivity contribution in [1.29, 1.82) is 0 Å². The van der Waals surface area contributed by atoms with Crippen molar-refractivity contribution < 1.29 is 0 Å². The number of aromatic nitrogens is 2. The van der Waals surface area contributed by atoms with E-state index in [4.69, 9.17) is 16.6 Å². The topological polar surface area (TPSA) is 20.5 Å². The molecule has 5 heteroatoms. The van der Waals surface area contributed by atoms with E-state index in [1.54, 1.807) is 11.3 Å². The van der Waals surface area contributed by atoms with Gasteiger partial charge in [-0.25, -0.2) is 4.98 Å². The highest BCUT2D eigenvalue weighted by Crippen LogP contribution is 2.35. The molecule has 1 aliphatic rings. The lowest BCUT2D eigenvalue weighted by Gasteiger charge is -2.22. The molecule has 0 saturated heterocycles. The number of halogens is 1. The highest BCUT2D eigenvalue weighted by atomic mass is 35.5. The Kier molecular flexibility index (Phi) is 3.36. The first-order valence-corrected chi connectivity index (χ1v) is 8.64. The molecule has 0 bridgehead atoms. The van der Waals surface area contributed by atoms with Gasteiger partial charge in [-0.3, -0.25) is 0 Å². The summed E-state index contributed by atoms with van der Waals surface area (Å²) in [4.78, 5) is 7.26. The lowest BCUT2D eigenvalue weighted by atomic mass is 10.3. The number of imidazole rings is 1. The Morgan fingerprint density at radius 2 is 2.24 bits per heavy atom. The van der Waals surface area contributed by atoms with Crippen LogP contribution in [0.4, 0.5) is 5.82 Å². The van der Waals surface area contributed by atoms with E-state index in [0.29, 0.717) is 11.9 Å². The van der Waals surface area contributed by atoms with Gasteiger partial charge in [0.05, 0.1) is 11.6 Å². The van der Waals surface area contributed by atoms with Crippen LogP contribution in [0, 0.1) is 0 Å². The van der Waals surface area contributed by atoms with Crippen LogP contribution in [0.15, 0.2) is 41.2 Å². The fourth-order valence-electron chi connectivity index (χ4n) is 2.73. The highest BCUT2D eigenvalue weighted by molar-refractivity contribution is 7.07. The summed E-state index contributed by atoms with van der Waals surface area (Å²) < 4.78 is 2.10. The van der Waals surface area contributed by atoms with E-state index < -0.39 is 0 Å². The summed E-state index contributed by atoms with van der Waals surface area (Å²) in [5.41, 5.74) is 3.41. The minimum atomic E-state index is 0.480. The Balaban J connectivity index is 1.78. The minimum Gasteiger partial charge on any atom is -0.348 e. The minimum absolute atomic E-state index is 0.480. The largest absolute Gasteiger partial charge is 0.348 e. The Labute approximate surface area is 132 Å². The average Bonchev–Trinajstić information content (AvgIpc) is 3.10. The second-order valence-electron chi connectivity index (χ2n) is 5.44. The van der Waals surface area contributed by atoms with Gasteiger partial charge in [-0.15, -0.1) is 11.6 Å².